The van der Waals surface area contributed by atoms with E-state index in [2.05, 4.69) is 241 Å². The number of benzene rings is 10. The summed E-state index contributed by atoms with van der Waals surface area (Å²) in [5.74, 6) is 0. The van der Waals surface area contributed by atoms with Crippen molar-refractivity contribution in [2.45, 2.75) is 13.5 Å². The van der Waals surface area contributed by atoms with E-state index in [1.54, 1.807) is 0 Å². The van der Waals surface area contributed by atoms with Gasteiger partial charge in [0.05, 0.1) is 11.0 Å². The molecule has 3 nitrogen and oxygen atoms in total. The van der Waals surface area contributed by atoms with Gasteiger partial charge < -0.3 is 13.9 Å². The van der Waals surface area contributed by atoms with Crippen LogP contribution in [0.15, 0.2) is 229 Å². The summed E-state index contributed by atoms with van der Waals surface area (Å²) < 4.78 is 9.28. The Morgan fingerprint density at radius 1 is 0.365 bits per heavy atom. The topological polar surface area (TPSA) is 21.3 Å². The molecule has 0 bridgehead atoms. The highest BCUT2D eigenvalue weighted by Crippen LogP contribution is 2.43. The largest absolute Gasteiger partial charge is 0.455 e. The third kappa shape index (κ3) is 6.20. The first-order valence-corrected chi connectivity index (χ1v) is 21.8. The van der Waals surface area contributed by atoms with Crippen molar-refractivity contribution in [1.29, 1.82) is 0 Å². The zero-order chi connectivity index (χ0) is 41.9. The van der Waals surface area contributed by atoms with E-state index in [9.17, 15) is 0 Å². The smallest absolute Gasteiger partial charge is 0.143 e. The molecule has 10 aromatic carbocycles. The molecule has 0 unspecified atom stereocenters. The first kappa shape index (κ1) is 36.7. The predicted octanol–water partition coefficient (Wildman–Crippen LogP) is 17.0. The van der Waals surface area contributed by atoms with E-state index in [4.69, 9.17) is 4.42 Å². The lowest BCUT2D eigenvalue weighted by Crippen LogP contribution is -2.10. The zero-order valence-electron chi connectivity index (χ0n) is 34.9. The van der Waals surface area contributed by atoms with Gasteiger partial charge in [0.2, 0.25) is 0 Å². The van der Waals surface area contributed by atoms with E-state index < -0.39 is 0 Å². The molecule has 3 heteroatoms. The molecule has 2 aromatic heterocycles. The van der Waals surface area contributed by atoms with Crippen LogP contribution in [0.1, 0.15) is 6.92 Å². The summed E-state index contributed by atoms with van der Waals surface area (Å²) in [5, 5.41) is 7.36. The van der Waals surface area contributed by atoms with Crippen molar-refractivity contribution in [3.8, 4) is 44.5 Å². The van der Waals surface area contributed by atoms with Crippen LogP contribution in [0.3, 0.4) is 0 Å². The van der Waals surface area contributed by atoms with Crippen LogP contribution in [0.5, 0.6) is 0 Å². The lowest BCUT2D eigenvalue weighted by Gasteiger charge is -2.26. The fourth-order valence-corrected chi connectivity index (χ4v) is 9.76. The molecule has 0 fully saturated rings. The average molecular weight is 807 g/mol. The maximum Gasteiger partial charge on any atom is 0.143 e. The minimum atomic E-state index is 0.872. The molecule has 12 rings (SSSR count). The van der Waals surface area contributed by atoms with Gasteiger partial charge in [-0.05, 0) is 88.2 Å². The van der Waals surface area contributed by atoms with Crippen LogP contribution in [0.4, 0.5) is 17.1 Å². The Morgan fingerprint density at radius 3 is 1.56 bits per heavy atom. The van der Waals surface area contributed by atoms with E-state index in [1.165, 1.54) is 43.7 Å². The SMILES string of the molecule is CCn1c2cc(N(c3ccc(-c4ccccc4)cc3)c3ccc(-c4cccc(-c5cccc6c5oc5c(-c7ccccc7)cccc56)c4)cc3)ccc2c2ccc3ccccc3c21. The van der Waals surface area contributed by atoms with Gasteiger partial charge >= 0.3 is 0 Å². The minimum absolute atomic E-state index is 0.872. The molecule has 0 aliphatic carbocycles. The molecule has 0 amide bonds. The maximum atomic E-state index is 6.80. The Labute approximate surface area is 366 Å². The van der Waals surface area contributed by atoms with Crippen LogP contribution in [0, 0.1) is 0 Å². The molecule has 2 heterocycles. The second-order valence-corrected chi connectivity index (χ2v) is 16.3. The first-order chi connectivity index (χ1) is 31.2. The standard InChI is InChI=1S/C60H42N2O/c1-2-61-57-39-49(35-37-53(57)54-36-30-44-18-9-10-21-50(44)58(54)61)62(47-31-26-41(27-32-47)40-14-5-3-6-15-40)48-33-28-42(29-34-48)45-19-11-20-46(38-45)52-23-13-25-56-55-24-12-22-51(59(55)63-60(52)56)43-16-7-4-8-17-43/h3-39H,2H2,1H3. The third-order valence-electron chi connectivity index (χ3n) is 12.8. The molecule has 0 radical (unpaired) electrons. The van der Waals surface area contributed by atoms with Gasteiger partial charge in [-0.2, -0.15) is 0 Å². The Bertz CT molecular complexity index is 3640. The van der Waals surface area contributed by atoms with Gasteiger partial charge in [-0.15, -0.1) is 0 Å². The van der Waals surface area contributed by atoms with Crippen molar-refractivity contribution in [3.63, 3.8) is 0 Å². The highest BCUT2D eigenvalue weighted by atomic mass is 16.3. The van der Waals surface area contributed by atoms with Crippen molar-refractivity contribution in [1.82, 2.24) is 4.57 Å². The number of para-hydroxylation sites is 2. The van der Waals surface area contributed by atoms with Crippen LogP contribution in [-0.2, 0) is 6.54 Å². The lowest BCUT2D eigenvalue weighted by molar-refractivity contribution is 0.671. The number of anilines is 3. The number of aromatic nitrogens is 1. The number of aryl methyl sites for hydroxylation is 1. The molecule has 0 aliphatic rings. The summed E-state index contributed by atoms with van der Waals surface area (Å²) in [6, 6.07) is 81.1. The highest BCUT2D eigenvalue weighted by molar-refractivity contribution is 6.18. The number of fused-ring (bicyclic) bond motifs is 8. The van der Waals surface area contributed by atoms with Gasteiger partial charge in [0.1, 0.15) is 11.2 Å². The van der Waals surface area contributed by atoms with Crippen LogP contribution in [0.2, 0.25) is 0 Å². The van der Waals surface area contributed by atoms with Gasteiger partial charge in [-0.25, -0.2) is 0 Å². The Morgan fingerprint density at radius 2 is 0.873 bits per heavy atom. The summed E-state index contributed by atoms with van der Waals surface area (Å²) in [6.07, 6.45) is 0. The van der Waals surface area contributed by atoms with Crippen LogP contribution < -0.4 is 4.90 Å². The van der Waals surface area contributed by atoms with Crippen molar-refractivity contribution >= 4 is 71.6 Å². The van der Waals surface area contributed by atoms with Crippen molar-refractivity contribution < 1.29 is 4.42 Å². The Balaban J connectivity index is 0.948. The van der Waals surface area contributed by atoms with Crippen LogP contribution >= 0.6 is 0 Å². The molecular weight excluding hydrogens is 765 g/mol. The van der Waals surface area contributed by atoms with E-state index in [1.807, 2.05) is 0 Å². The quantitative estimate of drug-likeness (QED) is 0.153. The van der Waals surface area contributed by atoms with E-state index in [0.29, 0.717) is 0 Å². The van der Waals surface area contributed by atoms with Crippen LogP contribution in [-0.4, -0.2) is 4.57 Å². The molecule has 0 N–H and O–H groups in total. The number of nitrogens with zero attached hydrogens (tertiary/aromatic N) is 2. The fourth-order valence-electron chi connectivity index (χ4n) is 9.76. The lowest BCUT2D eigenvalue weighted by atomic mass is 9.97. The van der Waals surface area contributed by atoms with Crippen molar-refractivity contribution in [2.75, 3.05) is 4.90 Å². The van der Waals surface area contributed by atoms with Crippen LogP contribution in [0.25, 0.3) is 99.0 Å². The average Bonchev–Trinajstić information content (AvgIpc) is 3.91. The van der Waals surface area contributed by atoms with Gasteiger partial charge in [0.25, 0.3) is 0 Å². The third-order valence-corrected chi connectivity index (χ3v) is 12.8. The monoisotopic (exact) mass is 806 g/mol. The number of furan rings is 1. The van der Waals surface area contributed by atoms with Gasteiger partial charge in [0.15, 0.2) is 0 Å². The Kier molecular flexibility index (Phi) is 8.79. The summed E-state index contributed by atoms with van der Waals surface area (Å²) in [4.78, 5) is 2.39. The van der Waals surface area contributed by atoms with E-state index in [-0.39, 0.29) is 0 Å². The molecular formula is C60H42N2O. The molecule has 0 spiro atoms. The highest BCUT2D eigenvalue weighted by Gasteiger charge is 2.19. The molecule has 12 aromatic rings. The van der Waals surface area contributed by atoms with Crippen molar-refractivity contribution in [3.05, 3.63) is 224 Å². The summed E-state index contributed by atoms with van der Waals surface area (Å²) in [7, 11) is 0. The summed E-state index contributed by atoms with van der Waals surface area (Å²) >= 11 is 0. The van der Waals surface area contributed by atoms with E-state index in [0.717, 1.165) is 78.9 Å². The molecule has 298 valence electrons. The van der Waals surface area contributed by atoms with Crippen molar-refractivity contribution in [2.24, 2.45) is 0 Å². The number of hydrogen-bond donors (Lipinski definition) is 0. The van der Waals surface area contributed by atoms with Gasteiger partial charge in [-0.1, -0.05) is 182 Å². The second kappa shape index (κ2) is 15.1. The molecule has 0 saturated heterocycles. The molecule has 0 saturated carbocycles. The molecule has 63 heavy (non-hydrogen) atoms. The minimum Gasteiger partial charge on any atom is -0.455 e. The molecule has 0 aliphatic heterocycles. The summed E-state index contributed by atoms with van der Waals surface area (Å²) in [5.41, 5.74) is 16.8. The first-order valence-electron chi connectivity index (χ1n) is 21.8. The predicted molar refractivity (Wildman–Crippen MR) is 266 cm³/mol. The number of rotatable bonds is 8. The fraction of sp³-hybridized carbons (Fsp3) is 0.0333. The zero-order valence-corrected chi connectivity index (χ0v) is 34.9. The van der Waals surface area contributed by atoms with E-state index >= 15 is 0 Å². The molecule has 0 atom stereocenters. The Hall–Kier alpha value is -8.14. The summed E-state index contributed by atoms with van der Waals surface area (Å²) in [6.45, 7) is 3.12. The normalized spacial score (nSPS) is 11.6. The second-order valence-electron chi connectivity index (χ2n) is 16.3. The maximum absolute atomic E-state index is 6.80. The number of hydrogen-bond acceptors (Lipinski definition) is 2. The van der Waals surface area contributed by atoms with Gasteiger partial charge in [-0.3, -0.25) is 0 Å². The van der Waals surface area contributed by atoms with Gasteiger partial charge in [0, 0.05) is 61.7 Å².